The van der Waals surface area contributed by atoms with Gasteiger partial charge in [0.15, 0.2) is 5.13 Å². The number of nitrogen functional groups attached to an aromatic ring is 1. The van der Waals surface area contributed by atoms with Crippen LogP contribution in [0.2, 0.25) is 0 Å². The first-order valence-electron chi connectivity index (χ1n) is 11.1. The molecule has 178 valence electrons. The van der Waals surface area contributed by atoms with Crippen LogP contribution in [-0.2, 0) is 12.6 Å². The maximum Gasteiger partial charge on any atom is 0.420 e. The van der Waals surface area contributed by atoms with Crippen molar-refractivity contribution in [2.45, 2.75) is 58.0 Å². The Morgan fingerprint density at radius 2 is 1.85 bits per heavy atom. The molecule has 3 N–H and O–H groups in total. The van der Waals surface area contributed by atoms with Crippen molar-refractivity contribution in [1.82, 2.24) is 9.97 Å². The minimum absolute atomic E-state index is 0.141. The quantitative estimate of drug-likeness (QED) is 0.269. The lowest BCUT2D eigenvalue weighted by Gasteiger charge is -2.15. The molecule has 0 atom stereocenters. The van der Waals surface area contributed by atoms with Gasteiger partial charge >= 0.3 is 6.18 Å². The van der Waals surface area contributed by atoms with Crippen molar-refractivity contribution in [1.29, 1.82) is 0 Å². The number of rotatable bonds is 12. The Balaban J connectivity index is 1.60. The molecule has 0 aliphatic carbocycles. The summed E-state index contributed by atoms with van der Waals surface area (Å²) in [6.45, 7) is 2.42. The summed E-state index contributed by atoms with van der Waals surface area (Å²) in [7, 11) is 0. The Hall–Kier alpha value is -2.81. The van der Waals surface area contributed by atoms with Gasteiger partial charge in [-0.15, -0.1) is 11.3 Å². The molecule has 0 saturated heterocycles. The molecule has 3 rings (SSSR count). The highest BCUT2D eigenvalue weighted by Crippen LogP contribution is 2.38. The molecule has 2 aromatic heterocycles. The molecule has 0 unspecified atom stereocenters. The molecule has 5 nitrogen and oxygen atoms in total. The third kappa shape index (κ3) is 7.92. The van der Waals surface area contributed by atoms with Crippen molar-refractivity contribution >= 4 is 28.0 Å². The summed E-state index contributed by atoms with van der Waals surface area (Å²) in [5.41, 5.74) is 6.86. The lowest BCUT2D eigenvalue weighted by Crippen LogP contribution is -2.10. The zero-order valence-corrected chi connectivity index (χ0v) is 19.4. The SMILES string of the molecule is CCCCCCCCOc1ccc(Nc2nc(Cc3ccc(N)nc3)cs2)cc1C(F)(F)F. The van der Waals surface area contributed by atoms with E-state index in [0.717, 1.165) is 49.4 Å². The number of nitrogens with one attached hydrogen (secondary N) is 1. The standard InChI is InChI=1S/C24H29F3N4OS/c1-2-3-4-5-6-7-12-32-21-10-9-18(14-20(21)24(25,26)27)30-23-31-19(16-33-23)13-17-8-11-22(28)29-15-17/h8-11,14-16H,2-7,12-13H2,1H3,(H2,28,29)(H,30,31). The summed E-state index contributed by atoms with van der Waals surface area (Å²) in [5, 5.41) is 5.35. The lowest BCUT2D eigenvalue weighted by molar-refractivity contribution is -0.138. The number of nitrogens with two attached hydrogens (primary N) is 1. The highest BCUT2D eigenvalue weighted by atomic mass is 32.1. The Morgan fingerprint density at radius 3 is 2.58 bits per heavy atom. The van der Waals surface area contributed by atoms with E-state index in [-0.39, 0.29) is 12.4 Å². The van der Waals surface area contributed by atoms with Gasteiger partial charge in [-0.25, -0.2) is 9.97 Å². The highest BCUT2D eigenvalue weighted by Gasteiger charge is 2.34. The van der Waals surface area contributed by atoms with Gasteiger partial charge in [-0.1, -0.05) is 45.1 Å². The molecule has 0 amide bonds. The van der Waals surface area contributed by atoms with Gasteiger partial charge in [0.05, 0.1) is 17.9 Å². The Morgan fingerprint density at radius 1 is 1.06 bits per heavy atom. The molecular formula is C24H29F3N4OS. The molecular weight excluding hydrogens is 449 g/mol. The van der Waals surface area contributed by atoms with E-state index in [1.165, 1.54) is 23.8 Å². The summed E-state index contributed by atoms with van der Waals surface area (Å²) in [5.74, 6) is 0.302. The van der Waals surface area contributed by atoms with Crippen LogP contribution in [0, 0.1) is 0 Å². The van der Waals surface area contributed by atoms with Crippen molar-refractivity contribution in [3.63, 3.8) is 0 Å². The molecule has 0 fully saturated rings. The molecule has 3 aromatic rings. The van der Waals surface area contributed by atoms with E-state index in [1.54, 1.807) is 18.3 Å². The maximum atomic E-state index is 13.6. The maximum absolute atomic E-state index is 13.6. The average Bonchev–Trinajstić information content (AvgIpc) is 3.21. The topological polar surface area (TPSA) is 73.1 Å². The van der Waals surface area contributed by atoms with Gasteiger partial charge in [-0.05, 0) is 36.2 Å². The van der Waals surface area contributed by atoms with Crippen LogP contribution in [0.4, 0.5) is 29.8 Å². The first-order valence-corrected chi connectivity index (χ1v) is 12.0. The van der Waals surface area contributed by atoms with Crippen LogP contribution < -0.4 is 15.8 Å². The summed E-state index contributed by atoms with van der Waals surface area (Å²) in [6, 6.07) is 7.61. The van der Waals surface area contributed by atoms with Gasteiger partial charge in [-0.2, -0.15) is 13.2 Å². The van der Waals surface area contributed by atoms with Gasteiger partial charge in [-0.3, -0.25) is 0 Å². The smallest absolute Gasteiger partial charge is 0.420 e. The van der Waals surface area contributed by atoms with E-state index >= 15 is 0 Å². The monoisotopic (exact) mass is 478 g/mol. The number of anilines is 3. The van der Waals surface area contributed by atoms with Gasteiger partial charge in [0, 0.05) is 23.7 Å². The molecule has 1 aromatic carbocycles. The molecule has 33 heavy (non-hydrogen) atoms. The third-order valence-corrected chi connectivity index (χ3v) is 5.88. The van der Waals surface area contributed by atoms with Crippen molar-refractivity contribution in [2.24, 2.45) is 0 Å². The summed E-state index contributed by atoms with van der Waals surface area (Å²) in [6.07, 6.45) is 4.01. The minimum atomic E-state index is -4.51. The zero-order chi connectivity index (χ0) is 23.7. The number of unbranched alkanes of at least 4 members (excludes halogenated alkanes) is 5. The fourth-order valence-electron chi connectivity index (χ4n) is 3.34. The second-order valence-corrected chi connectivity index (χ2v) is 8.72. The van der Waals surface area contributed by atoms with Crippen LogP contribution in [-0.4, -0.2) is 16.6 Å². The van der Waals surface area contributed by atoms with Crippen LogP contribution in [0.1, 0.15) is 62.3 Å². The Kier molecular flexibility index (Phi) is 8.94. The normalized spacial score (nSPS) is 11.5. The number of ether oxygens (including phenoxy) is 1. The second kappa shape index (κ2) is 11.9. The summed E-state index contributed by atoms with van der Waals surface area (Å²) < 4.78 is 46.3. The van der Waals surface area contributed by atoms with Gasteiger partial charge < -0.3 is 15.8 Å². The largest absolute Gasteiger partial charge is 0.493 e. The van der Waals surface area contributed by atoms with E-state index in [0.29, 0.717) is 23.1 Å². The van der Waals surface area contributed by atoms with Crippen molar-refractivity contribution in [3.05, 3.63) is 58.7 Å². The molecule has 2 heterocycles. The fourth-order valence-corrected chi connectivity index (χ4v) is 4.07. The van der Waals surface area contributed by atoms with Gasteiger partial charge in [0.2, 0.25) is 0 Å². The predicted octanol–water partition coefficient (Wildman–Crippen LogP) is 7.21. The number of pyridine rings is 1. The van der Waals surface area contributed by atoms with Crippen molar-refractivity contribution < 1.29 is 17.9 Å². The zero-order valence-electron chi connectivity index (χ0n) is 18.6. The second-order valence-electron chi connectivity index (χ2n) is 7.86. The van der Waals surface area contributed by atoms with E-state index < -0.39 is 11.7 Å². The molecule has 0 radical (unpaired) electrons. The van der Waals surface area contributed by atoms with Gasteiger partial charge in [0.25, 0.3) is 0 Å². The van der Waals surface area contributed by atoms with Crippen molar-refractivity contribution in [3.8, 4) is 5.75 Å². The number of hydrogen-bond donors (Lipinski definition) is 2. The number of thiazole rings is 1. The van der Waals surface area contributed by atoms with Crippen LogP contribution in [0.5, 0.6) is 5.75 Å². The van der Waals surface area contributed by atoms with Crippen LogP contribution in [0.15, 0.2) is 41.9 Å². The van der Waals surface area contributed by atoms with Gasteiger partial charge in [0.1, 0.15) is 11.6 Å². The summed E-state index contributed by atoms with van der Waals surface area (Å²) >= 11 is 1.33. The highest BCUT2D eigenvalue weighted by molar-refractivity contribution is 7.13. The number of benzene rings is 1. The Labute approximate surface area is 196 Å². The summed E-state index contributed by atoms with van der Waals surface area (Å²) in [4.78, 5) is 8.52. The van der Waals surface area contributed by atoms with Crippen LogP contribution in [0.25, 0.3) is 0 Å². The first-order chi connectivity index (χ1) is 15.8. The first kappa shape index (κ1) is 24.8. The predicted molar refractivity (Wildman–Crippen MR) is 127 cm³/mol. The fraction of sp³-hybridized carbons (Fsp3) is 0.417. The number of alkyl halides is 3. The lowest BCUT2D eigenvalue weighted by atomic mass is 10.1. The Bertz CT molecular complexity index is 1010. The van der Waals surface area contributed by atoms with Crippen LogP contribution >= 0.6 is 11.3 Å². The molecule has 0 aliphatic rings. The molecule has 0 spiro atoms. The molecule has 0 aliphatic heterocycles. The number of aromatic nitrogens is 2. The third-order valence-electron chi connectivity index (χ3n) is 5.08. The number of nitrogens with zero attached hydrogens (tertiary/aromatic N) is 2. The van der Waals surface area contributed by atoms with E-state index in [9.17, 15) is 13.2 Å². The van der Waals surface area contributed by atoms with E-state index in [2.05, 4.69) is 22.2 Å². The van der Waals surface area contributed by atoms with Crippen molar-refractivity contribution in [2.75, 3.05) is 17.7 Å². The van der Waals surface area contributed by atoms with E-state index in [4.69, 9.17) is 10.5 Å². The van der Waals surface area contributed by atoms with Crippen LogP contribution in [0.3, 0.4) is 0 Å². The average molecular weight is 479 g/mol. The molecule has 0 bridgehead atoms. The number of halogens is 3. The minimum Gasteiger partial charge on any atom is -0.493 e. The van der Waals surface area contributed by atoms with E-state index in [1.807, 2.05) is 11.4 Å². The molecule has 9 heteroatoms. The molecule has 0 saturated carbocycles. The number of hydrogen-bond acceptors (Lipinski definition) is 6.